The highest BCUT2D eigenvalue weighted by Crippen LogP contribution is 1.84. The number of ether oxygens (including phenoxy) is 1. The van der Waals surface area contributed by atoms with E-state index in [4.69, 9.17) is 0 Å². The first-order chi connectivity index (χ1) is 3.27. The lowest BCUT2D eigenvalue weighted by Crippen LogP contribution is -2.10. The minimum absolute atomic E-state index is 0.697. The van der Waals surface area contributed by atoms with Gasteiger partial charge in [0.1, 0.15) is 6.61 Å². The Balaban J connectivity index is 2.82. The summed E-state index contributed by atoms with van der Waals surface area (Å²) in [5.74, 6) is 0. The maximum Gasteiger partial charge on any atom is 0.404 e. The van der Waals surface area contributed by atoms with Gasteiger partial charge in [0.25, 0.3) is 0 Å². The van der Waals surface area contributed by atoms with E-state index >= 15 is 0 Å². The molecule has 1 radical (unpaired) electrons. The van der Waals surface area contributed by atoms with Gasteiger partial charge in [-0.25, -0.2) is 4.79 Å². The molecule has 0 rings (SSSR count). The molecule has 1 amide bonds. The largest absolute Gasteiger partial charge is 0.442 e. The average molecular weight is 102 g/mol. The van der Waals surface area contributed by atoms with Gasteiger partial charge in [-0.3, -0.25) is 0 Å². The molecule has 2 N–H and O–H groups in total. The van der Waals surface area contributed by atoms with E-state index in [-0.39, 0.29) is 0 Å². The first-order valence-electron chi connectivity index (χ1n) is 2.05. The molecule has 0 fully saturated rings. The van der Waals surface area contributed by atoms with Crippen LogP contribution in [0.4, 0.5) is 4.79 Å². The van der Waals surface area contributed by atoms with Crippen molar-refractivity contribution in [1.82, 2.24) is 0 Å². The van der Waals surface area contributed by atoms with Crippen LogP contribution in [0, 0.1) is 6.61 Å². The Morgan fingerprint density at radius 3 is 2.71 bits per heavy atom. The zero-order valence-corrected chi connectivity index (χ0v) is 4.18. The van der Waals surface area contributed by atoms with E-state index in [1.807, 2.05) is 6.92 Å². The topological polar surface area (TPSA) is 52.3 Å². The standard InChI is InChI=1S/C4H8NO2/c1-2-3-7-4(5)6/h3H,2H2,1H3,(H2,5,6). The van der Waals surface area contributed by atoms with Crippen molar-refractivity contribution in [1.29, 1.82) is 0 Å². The van der Waals surface area contributed by atoms with Crippen molar-refractivity contribution < 1.29 is 9.53 Å². The monoisotopic (exact) mass is 102 g/mol. The van der Waals surface area contributed by atoms with Crippen LogP contribution < -0.4 is 5.73 Å². The molecule has 0 aliphatic carbocycles. The molecule has 0 aromatic heterocycles. The molecule has 3 heteroatoms. The van der Waals surface area contributed by atoms with Gasteiger partial charge in [-0.1, -0.05) is 6.92 Å². The minimum atomic E-state index is -0.748. The Kier molecular flexibility index (Phi) is 3.10. The normalized spacial score (nSPS) is 8.14. The van der Waals surface area contributed by atoms with Crippen LogP contribution in [0.3, 0.4) is 0 Å². The fourth-order valence-electron chi connectivity index (χ4n) is 0.165. The fourth-order valence-corrected chi connectivity index (χ4v) is 0.165. The van der Waals surface area contributed by atoms with Crippen molar-refractivity contribution in [3.8, 4) is 0 Å². The quantitative estimate of drug-likeness (QED) is 0.556. The maximum atomic E-state index is 9.73. The average Bonchev–Trinajstić information content (AvgIpc) is 1.61. The van der Waals surface area contributed by atoms with Gasteiger partial charge < -0.3 is 10.5 Å². The van der Waals surface area contributed by atoms with Crippen LogP contribution in [0.25, 0.3) is 0 Å². The van der Waals surface area contributed by atoms with Crippen LogP contribution in [0.5, 0.6) is 0 Å². The van der Waals surface area contributed by atoms with Gasteiger partial charge >= 0.3 is 6.09 Å². The van der Waals surface area contributed by atoms with Crippen LogP contribution in [0.15, 0.2) is 0 Å². The van der Waals surface area contributed by atoms with E-state index in [2.05, 4.69) is 10.5 Å². The highest BCUT2D eigenvalue weighted by molar-refractivity contribution is 5.64. The van der Waals surface area contributed by atoms with Crippen molar-refractivity contribution >= 4 is 6.09 Å². The van der Waals surface area contributed by atoms with Crippen molar-refractivity contribution in [3.05, 3.63) is 6.61 Å². The van der Waals surface area contributed by atoms with Crippen molar-refractivity contribution in [2.45, 2.75) is 13.3 Å². The van der Waals surface area contributed by atoms with E-state index in [0.29, 0.717) is 6.42 Å². The van der Waals surface area contributed by atoms with Gasteiger partial charge in [-0.05, 0) is 6.42 Å². The smallest absolute Gasteiger partial charge is 0.404 e. The Labute approximate surface area is 42.4 Å². The summed E-state index contributed by atoms with van der Waals surface area (Å²) in [4.78, 5) is 9.73. The molecule has 7 heavy (non-hydrogen) atoms. The number of amides is 1. The SMILES string of the molecule is CC[CH]OC(N)=O. The van der Waals surface area contributed by atoms with E-state index in [1.165, 1.54) is 6.61 Å². The molecule has 0 aliphatic heterocycles. The molecule has 0 spiro atoms. The number of primary amides is 1. The Hall–Kier alpha value is -0.730. The Bertz CT molecular complexity index is 62.7. The number of carbonyl (C=O) groups is 1. The summed E-state index contributed by atoms with van der Waals surface area (Å²) in [6.07, 6.45) is -0.0509. The first-order valence-corrected chi connectivity index (χ1v) is 2.05. The zero-order valence-electron chi connectivity index (χ0n) is 4.18. The third-order valence-electron chi connectivity index (χ3n) is 0.366. The number of hydrogen-bond acceptors (Lipinski definition) is 2. The number of rotatable bonds is 2. The molecule has 0 heterocycles. The summed E-state index contributed by atoms with van der Waals surface area (Å²) in [7, 11) is 0. The summed E-state index contributed by atoms with van der Waals surface area (Å²) in [6, 6.07) is 0. The lowest BCUT2D eigenvalue weighted by molar-refractivity contribution is 0.181. The number of nitrogens with two attached hydrogens (primary N) is 1. The van der Waals surface area contributed by atoms with Gasteiger partial charge in [-0.2, -0.15) is 0 Å². The summed E-state index contributed by atoms with van der Waals surface area (Å²) >= 11 is 0. The fraction of sp³-hybridized carbons (Fsp3) is 0.500. The van der Waals surface area contributed by atoms with E-state index < -0.39 is 6.09 Å². The maximum absolute atomic E-state index is 9.73. The zero-order chi connectivity index (χ0) is 5.70. The van der Waals surface area contributed by atoms with Crippen LogP contribution in [-0.4, -0.2) is 6.09 Å². The van der Waals surface area contributed by atoms with Crippen molar-refractivity contribution in [3.63, 3.8) is 0 Å². The molecule has 41 valence electrons. The molecule has 0 aromatic carbocycles. The van der Waals surface area contributed by atoms with E-state index in [9.17, 15) is 4.79 Å². The van der Waals surface area contributed by atoms with Crippen molar-refractivity contribution in [2.24, 2.45) is 5.73 Å². The van der Waals surface area contributed by atoms with Crippen LogP contribution in [0.1, 0.15) is 13.3 Å². The molecule has 0 bridgehead atoms. The second-order valence-corrected chi connectivity index (χ2v) is 1.01. The predicted octanol–water partition coefficient (Wildman–Crippen LogP) is 0.653. The first kappa shape index (κ1) is 6.27. The summed E-state index contributed by atoms with van der Waals surface area (Å²) in [5.41, 5.74) is 4.59. The minimum Gasteiger partial charge on any atom is -0.442 e. The van der Waals surface area contributed by atoms with Gasteiger partial charge in [0.2, 0.25) is 0 Å². The predicted molar refractivity (Wildman–Crippen MR) is 25.3 cm³/mol. The molecule has 0 unspecified atom stereocenters. The molecule has 0 aromatic rings. The highest BCUT2D eigenvalue weighted by atomic mass is 16.5. The van der Waals surface area contributed by atoms with Crippen LogP contribution in [0.2, 0.25) is 0 Å². The number of hydrogen-bond donors (Lipinski definition) is 1. The Morgan fingerprint density at radius 2 is 2.57 bits per heavy atom. The van der Waals surface area contributed by atoms with Crippen LogP contribution in [-0.2, 0) is 4.74 Å². The summed E-state index contributed by atoms with van der Waals surface area (Å²) < 4.78 is 4.20. The molecule has 0 atom stereocenters. The van der Waals surface area contributed by atoms with E-state index in [0.717, 1.165) is 0 Å². The summed E-state index contributed by atoms with van der Waals surface area (Å²) in [6.45, 7) is 3.20. The van der Waals surface area contributed by atoms with Crippen molar-refractivity contribution in [2.75, 3.05) is 0 Å². The van der Waals surface area contributed by atoms with Crippen LogP contribution >= 0.6 is 0 Å². The van der Waals surface area contributed by atoms with Gasteiger partial charge in [0.05, 0.1) is 0 Å². The third-order valence-corrected chi connectivity index (χ3v) is 0.366. The second kappa shape index (κ2) is 3.46. The Morgan fingerprint density at radius 1 is 2.00 bits per heavy atom. The molecule has 0 saturated heterocycles. The van der Waals surface area contributed by atoms with E-state index in [1.54, 1.807) is 0 Å². The molecular formula is C4H8NO2. The lowest BCUT2D eigenvalue weighted by Gasteiger charge is -1.92. The van der Waals surface area contributed by atoms with Gasteiger partial charge in [0.15, 0.2) is 0 Å². The van der Waals surface area contributed by atoms with Gasteiger partial charge in [-0.15, -0.1) is 0 Å². The lowest BCUT2D eigenvalue weighted by atomic mass is 10.5. The molecule has 3 nitrogen and oxygen atoms in total. The molecular weight excluding hydrogens is 94.0 g/mol. The molecule has 0 aliphatic rings. The second-order valence-electron chi connectivity index (χ2n) is 1.01. The molecule has 0 saturated carbocycles. The highest BCUT2D eigenvalue weighted by Gasteiger charge is 1.87. The summed E-state index contributed by atoms with van der Waals surface area (Å²) in [5, 5.41) is 0. The third kappa shape index (κ3) is 5.27. The van der Waals surface area contributed by atoms with Gasteiger partial charge in [0, 0.05) is 0 Å². The number of carbonyl (C=O) groups excluding carboxylic acids is 1.